The van der Waals surface area contributed by atoms with E-state index in [2.05, 4.69) is 38.1 Å². The van der Waals surface area contributed by atoms with Crippen LogP contribution in [-0.2, 0) is 14.3 Å². The molecule has 0 radical (unpaired) electrons. The van der Waals surface area contributed by atoms with Crippen molar-refractivity contribution in [3.63, 3.8) is 0 Å². The van der Waals surface area contributed by atoms with E-state index in [-0.39, 0.29) is 29.9 Å². The summed E-state index contributed by atoms with van der Waals surface area (Å²) in [6.07, 6.45) is 3.56. The summed E-state index contributed by atoms with van der Waals surface area (Å²) in [4.78, 5) is 25.2. The molecule has 5 heteroatoms. The first kappa shape index (κ1) is 27.4. The van der Waals surface area contributed by atoms with Crippen LogP contribution in [0.15, 0.2) is 97.1 Å². The summed E-state index contributed by atoms with van der Waals surface area (Å²) in [6, 6.07) is 28.4. The van der Waals surface area contributed by atoms with Crippen LogP contribution in [0.3, 0.4) is 0 Å². The van der Waals surface area contributed by atoms with Gasteiger partial charge in [0.1, 0.15) is 6.10 Å². The summed E-state index contributed by atoms with van der Waals surface area (Å²) in [7, 11) is -0.939. The summed E-state index contributed by atoms with van der Waals surface area (Å²) in [6.45, 7) is 8.27. The van der Waals surface area contributed by atoms with Crippen LogP contribution < -0.4 is 15.9 Å². The first-order valence-corrected chi connectivity index (χ1v) is 13.8. The first-order valence-electron chi connectivity index (χ1n) is 12.5. The molecule has 2 atom stereocenters. The minimum atomic E-state index is -0.939. The smallest absolute Gasteiger partial charge is 0.339 e. The Bertz CT molecular complexity index is 1100. The molecule has 0 aliphatic rings. The van der Waals surface area contributed by atoms with E-state index < -0.39 is 7.92 Å². The van der Waals surface area contributed by atoms with Crippen LogP contribution in [0, 0.1) is 11.8 Å². The Kier molecular flexibility index (Phi) is 10.5. The van der Waals surface area contributed by atoms with Gasteiger partial charge in [0.05, 0.1) is 12.2 Å². The number of allylic oxidation sites excluding steroid dienone is 1. The van der Waals surface area contributed by atoms with Crippen molar-refractivity contribution >= 4 is 35.8 Å². The quantitative estimate of drug-likeness (QED) is 0.190. The number of ether oxygens (including phenoxy) is 2. The second-order valence-corrected chi connectivity index (χ2v) is 11.2. The van der Waals surface area contributed by atoms with Crippen LogP contribution in [0.4, 0.5) is 0 Å². The minimum absolute atomic E-state index is 0.0385. The Morgan fingerprint density at radius 3 is 1.94 bits per heavy atom. The lowest BCUT2D eigenvalue weighted by atomic mass is 9.92. The molecular formula is C31H35O4P. The third kappa shape index (κ3) is 7.38. The van der Waals surface area contributed by atoms with E-state index in [1.807, 2.05) is 67.6 Å². The lowest BCUT2D eigenvalue weighted by molar-refractivity contribution is -0.137. The standard InChI is InChI=1S/C31H35O4P/c1-5-34-29(32)22-14-15-24(4)30(23(2)3)35-31(33)27-20-12-13-21-28(27)36(25-16-8-6-9-17-25)26-18-10-7-11-19-26/h6-14,16-24,30H,5,15H2,1-4H3/b22-14-/t24-,30-/m1/s1. The fourth-order valence-corrected chi connectivity index (χ4v) is 6.66. The van der Waals surface area contributed by atoms with Crippen molar-refractivity contribution < 1.29 is 19.1 Å². The van der Waals surface area contributed by atoms with Crippen molar-refractivity contribution in [1.82, 2.24) is 0 Å². The number of carbonyl (C=O) groups is 2. The molecule has 0 heterocycles. The van der Waals surface area contributed by atoms with Crippen LogP contribution in [0.25, 0.3) is 0 Å². The lowest BCUT2D eigenvalue weighted by Crippen LogP contribution is -2.32. The number of rotatable bonds is 11. The van der Waals surface area contributed by atoms with Gasteiger partial charge in [-0.15, -0.1) is 0 Å². The fourth-order valence-electron chi connectivity index (χ4n) is 4.22. The van der Waals surface area contributed by atoms with Gasteiger partial charge in [0.2, 0.25) is 0 Å². The largest absolute Gasteiger partial charge is 0.463 e. The predicted octanol–water partition coefficient (Wildman–Crippen LogP) is 5.77. The summed E-state index contributed by atoms with van der Waals surface area (Å²) in [5, 5.41) is 3.33. The SMILES string of the molecule is CCOC(=O)/C=C\C[C@@H](C)[C@H](OC(=O)c1ccccc1P(c1ccccc1)c1ccccc1)C(C)C. The number of hydrogen-bond donors (Lipinski definition) is 0. The molecule has 0 bridgehead atoms. The van der Waals surface area contributed by atoms with E-state index in [0.29, 0.717) is 18.6 Å². The van der Waals surface area contributed by atoms with Gasteiger partial charge in [0, 0.05) is 6.08 Å². The zero-order valence-electron chi connectivity index (χ0n) is 21.5. The molecule has 3 aromatic rings. The fraction of sp³-hybridized carbons (Fsp3) is 0.290. The molecule has 0 N–H and O–H groups in total. The van der Waals surface area contributed by atoms with Crippen LogP contribution in [0.2, 0.25) is 0 Å². The molecule has 0 amide bonds. The van der Waals surface area contributed by atoms with Crippen molar-refractivity contribution in [2.45, 2.75) is 40.2 Å². The number of carbonyl (C=O) groups excluding carboxylic acids is 2. The molecule has 3 rings (SSSR count). The first-order chi connectivity index (χ1) is 17.4. The second-order valence-electron chi connectivity index (χ2n) is 9.01. The third-order valence-electron chi connectivity index (χ3n) is 5.90. The van der Waals surface area contributed by atoms with E-state index in [1.165, 1.54) is 16.7 Å². The van der Waals surface area contributed by atoms with E-state index in [9.17, 15) is 9.59 Å². The highest BCUT2D eigenvalue weighted by Gasteiger charge is 2.28. The average molecular weight is 503 g/mol. The van der Waals surface area contributed by atoms with E-state index in [4.69, 9.17) is 9.47 Å². The van der Waals surface area contributed by atoms with Gasteiger partial charge in [0.15, 0.2) is 0 Å². The molecule has 0 saturated heterocycles. The monoisotopic (exact) mass is 502 g/mol. The van der Waals surface area contributed by atoms with Crippen LogP contribution >= 0.6 is 7.92 Å². The minimum Gasteiger partial charge on any atom is -0.463 e. The summed E-state index contributed by atoms with van der Waals surface area (Å²) in [5.41, 5.74) is 0.594. The molecule has 3 aromatic carbocycles. The highest BCUT2D eigenvalue weighted by molar-refractivity contribution is 7.80. The Balaban J connectivity index is 1.89. The Morgan fingerprint density at radius 1 is 0.833 bits per heavy atom. The molecule has 0 aromatic heterocycles. The van der Waals surface area contributed by atoms with E-state index >= 15 is 0 Å². The van der Waals surface area contributed by atoms with Crippen molar-refractivity contribution in [2.24, 2.45) is 11.8 Å². The number of hydrogen-bond acceptors (Lipinski definition) is 4. The number of esters is 2. The van der Waals surface area contributed by atoms with Gasteiger partial charge in [-0.2, -0.15) is 0 Å². The average Bonchev–Trinajstić information content (AvgIpc) is 2.89. The molecule has 188 valence electrons. The number of benzene rings is 3. The molecule has 0 unspecified atom stereocenters. The van der Waals surface area contributed by atoms with Crippen molar-refractivity contribution in [3.05, 3.63) is 103 Å². The molecular weight excluding hydrogens is 467 g/mol. The van der Waals surface area contributed by atoms with E-state index in [0.717, 1.165) is 5.30 Å². The van der Waals surface area contributed by atoms with Gasteiger partial charge < -0.3 is 9.47 Å². The second kappa shape index (κ2) is 13.8. The van der Waals surface area contributed by atoms with Crippen molar-refractivity contribution in [2.75, 3.05) is 6.61 Å². The molecule has 0 spiro atoms. The molecule has 0 saturated carbocycles. The van der Waals surface area contributed by atoms with Crippen LogP contribution in [-0.4, -0.2) is 24.6 Å². The molecule has 0 fully saturated rings. The molecule has 4 nitrogen and oxygen atoms in total. The molecule has 0 aliphatic carbocycles. The van der Waals surface area contributed by atoms with Gasteiger partial charge in [-0.05, 0) is 55.1 Å². The summed E-state index contributed by atoms with van der Waals surface area (Å²) in [5.74, 6) is -0.509. The Labute approximate surface area is 216 Å². The van der Waals surface area contributed by atoms with Gasteiger partial charge in [-0.1, -0.05) is 106 Å². The molecule has 0 aliphatic heterocycles. The van der Waals surface area contributed by atoms with Crippen molar-refractivity contribution in [3.8, 4) is 0 Å². The maximum atomic E-state index is 13.6. The zero-order valence-corrected chi connectivity index (χ0v) is 22.4. The lowest BCUT2D eigenvalue weighted by Gasteiger charge is -2.28. The van der Waals surface area contributed by atoms with Gasteiger partial charge in [-0.3, -0.25) is 0 Å². The van der Waals surface area contributed by atoms with E-state index in [1.54, 1.807) is 13.0 Å². The van der Waals surface area contributed by atoms with Gasteiger partial charge >= 0.3 is 11.9 Å². The van der Waals surface area contributed by atoms with Crippen LogP contribution in [0.1, 0.15) is 44.5 Å². The normalized spacial score (nSPS) is 13.1. The van der Waals surface area contributed by atoms with Crippen molar-refractivity contribution in [1.29, 1.82) is 0 Å². The zero-order chi connectivity index (χ0) is 25.9. The highest BCUT2D eigenvalue weighted by atomic mass is 31.1. The highest BCUT2D eigenvalue weighted by Crippen LogP contribution is 2.34. The predicted molar refractivity (Wildman–Crippen MR) is 149 cm³/mol. The summed E-state index contributed by atoms with van der Waals surface area (Å²) < 4.78 is 11.1. The Hall–Kier alpha value is -3.23. The maximum Gasteiger partial charge on any atom is 0.339 e. The topological polar surface area (TPSA) is 52.6 Å². The summed E-state index contributed by atoms with van der Waals surface area (Å²) >= 11 is 0. The third-order valence-corrected chi connectivity index (χ3v) is 8.40. The molecule has 36 heavy (non-hydrogen) atoms. The van der Waals surface area contributed by atoms with Gasteiger partial charge in [-0.25, -0.2) is 9.59 Å². The van der Waals surface area contributed by atoms with Gasteiger partial charge in [0.25, 0.3) is 0 Å². The maximum absolute atomic E-state index is 13.6. The van der Waals surface area contributed by atoms with Crippen LogP contribution in [0.5, 0.6) is 0 Å². The Morgan fingerprint density at radius 2 is 1.39 bits per heavy atom.